The van der Waals surface area contributed by atoms with Crippen molar-refractivity contribution in [2.75, 3.05) is 31.8 Å². The Kier molecular flexibility index (Phi) is 6.99. The van der Waals surface area contributed by atoms with Gasteiger partial charge < -0.3 is 15.8 Å². The quantitative estimate of drug-likeness (QED) is 0.344. The van der Waals surface area contributed by atoms with E-state index in [2.05, 4.69) is 19.6 Å². The second kappa shape index (κ2) is 9.96. The molecule has 0 saturated heterocycles. The normalized spacial score (nSPS) is 13.0. The van der Waals surface area contributed by atoms with Crippen LogP contribution in [0.4, 0.5) is 20.3 Å². The average molecular weight is 501 g/mol. The second-order valence-electron chi connectivity index (χ2n) is 7.96. The van der Waals surface area contributed by atoms with E-state index in [1.54, 1.807) is 29.0 Å². The molecule has 11 heteroatoms. The molecule has 0 saturated carbocycles. The summed E-state index contributed by atoms with van der Waals surface area (Å²) in [4.78, 5) is 9.39. The average Bonchev–Trinajstić information content (AvgIpc) is 3.26. The van der Waals surface area contributed by atoms with Crippen LogP contribution in [0.2, 0.25) is 0 Å². The van der Waals surface area contributed by atoms with Gasteiger partial charge in [-0.05, 0) is 55.8 Å². The fourth-order valence-corrected chi connectivity index (χ4v) is 5.38. The van der Waals surface area contributed by atoms with E-state index in [1.807, 2.05) is 13.0 Å². The zero-order valence-corrected chi connectivity index (χ0v) is 20.4. The third-order valence-electron chi connectivity index (χ3n) is 5.52. The first kappa shape index (κ1) is 24.6. The Labute approximate surface area is 202 Å². The van der Waals surface area contributed by atoms with E-state index < -0.39 is 21.4 Å². The summed E-state index contributed by atoms with van der Waals surface area (Å²) in [7, 11) is -1.27. The minimum Gasteiger partial charge on any atom is -0.494 e. The van der Waals surface area contributed by atoms with Crippen molar-refractivity contribution in [3.8, 4) is 17.0 Å². The van der Waals surface area contributed by atoms with E-state index in [-0.39, 0.29) is 11.3 Å². The molecule has 35 heavy (non-hydrogen) atoms. The minimum absolute atomic E-state index is 0.0456. The topological polar surface area (TPSA) is 107 Å². The molecule has 3 N–H and O–H groups in total. The molecule has 0 amide bonds. The van der Waals surface area contributed by atoms with E-state index in [4.69, 9.17) is 10.5 Å². The number of imidazole rings is 1. The van der Waals surface area contributed by atoms with Gasteiger partial charge in [-0.1, -0.05) is 0 Å². The molecular formula is C24H26F2N6O2S. The molecule has 0 radical (unpaired) electrons. The number of hydrogen-bond donors (Lipinski definition) is 2. The smallest absolute Gasteiger partial charge is 0.201 e. The maximum Gasteiger partial charge on any atom is 0.201 e. The van der Waals surface area contributed by atoms with E-state index in [0.29, 0.717) is 47.3 Å². The largest absolute Gasteiger partial charge is 0.494 e. The molecule has 184 valence electrons. The van der Waals surface area contributed by atoms with Gasteiger partial charge in [0.1, 0.15) is 0 Å². The highest BCUT2D eigenvalue weighted by atomic mass is 32.2. The number of nitrogens with two attached hydrogens (primary N) is 1. The molecule has 1 unspecified atom stereocenters. The summed E-state index contributed by atoms with van der Waals surface area (Å²) >= 11 is 0. The molecule has 0 spiro atoms. The van der Waals surface area contributed by atoms with Gasteiger partial charge in [0.05, 0.1) is 33.6 Å². The maximum atomic E-state index is 14.7. The van der Waals surface area contributed by atoms with Crippen molar-refractivity contribution in [3.63, 3.8) is 0 Å². The third kappa shape index (κ3) is 4.82. The number of rotatable bonds is 8. The van der Waals surface area contributed by atoms with E-state index in [9.17, 15) is 13.0 Å². The summed E-state index contributed by atoms with van der Waals surface area (Å²) in [6, 6.07) is 8.23. The van der Waals surface area contributed by atoms with Gasteiger partial charge in [-0.3, -0.25) is 4.40 Å². The summed E-state index contributed by atoms with van der Waals surface area (Å²) < 4.78 is 52.8. The van der Waals surface area contributed by atoms with E-state index >= 15 is 0 Å². The summed E-state index contributed by atoms with van der Waals surface area (Å²) in [5.74, 6) is -1.84. The molecule has 0 aliphatic rings. The molecule has 2 aromatic carbocycles. The fourth-order valence-electron chi connectivity index (χ4n) is 3.78. The van der Waals surface area contributed by atoms with Crippen LogP contribution >= 0.6 is 0 Å². The van der Waals surface area contributed by atoms with Gasteiger partial charge in [-0.15, -0.1) is 0 Å². The number of aryl methyl sites for hydroxylation is 1. The number of hydrogen-bond acceptors (Lipinski definition) is 7. The summed E-state index contributed by atoms with van der Waals surface area (Å²) in [5.41, 5.74) is 7.85. The molecule has 0 bridgehead atoms. The molecular weight excluding hydrogens is 474 g/mol. The van der Waals surface area contributed by atoms with E-state index in [1.165, 1.54) is 31.6 Å². The first-order valence-electron chi connectivity index (χ1n) is 10.9. The van der Waals surface area contributed by atoms with Crippen molar-refractivity contribution in [1.29, 1.82) is 0 Å². The van der Waals surface area contributed by atoms with Gasteiger partial charge in [-0.2, -0.15) is 4.39 Å². The summed E-state index contributed by atoms with van der Waals surface area (Å²) in [6.45, 7) is 2.80. The van der Waals surface area contributed by atoms with Crippen molar-refractivity contribution >= 4 is 26.9 Å². The zero-order valence-electron chi connectivity index (χ0n) is 19.6. The van der Waals surface area contributed by atoms with Gasteiger partial charge >= 0.3 is 0 Å². The molecule has 4 aromatic rings. The van der Waals surface area contributed by atoms with Gasteiger partial charge in [-0.25, -0.2) is 22.9 Å². The lowest BCUT2D eigenvalue weighted by Crippen LogP contribution is -2.05. The summed E-state index contributed by atoms with van der Waals surface area (Å²) in [5, 5.41) is 3.21. The molecule has 1 atom stereocenters. The third-order valence-corrected chi connectivity index (χ3v) is 7.47. The second-order valence-corrected chi connectivity index (χ2v) is 10.3. The number of nitrogens with one attached hydrogen (secondary N) is 1. The van der Waals surface area contributed by atoms with Gasteiger partial charge in [0.25, 0.3) is 0 Å². The Morgan fingerprint density at radius 2 is 2.00 bits per heavy atom. The number of aromatic nitrogens is 3. The predicted octanol–water partition coefficient (Wildman–Crippen LogP) is 4.54. The highest BCUT2D eigenvalue weighted by Gasteiger charge is 2.19. The monoisotopic (exact) mass is 500 g/mol. The molecule has 0 fully saturated rings. The molecule has 8 nitrogen and oxygen atoms in total. The Balaban J connectivity index is 1.68. The first-order valence-corrected chi connectivity index (χ1v) is 12.8. The molecule has 4 rings (SSSR count). The van der Waals surface area contributed by atoms with Crippen molar-refractivity contribution in [3.05, 3.63) is 66.1 Å². The summed E-state index contributed by atoms with van der Waals surface area (Å²) in [6.07, 6.45) is 6.91. The van der Waals surface area contributed by atoms with Crippen LogP contribution in [-0.4, -0.2) is 45.0 Å². The van der Waals surface area contributed by atoms with Gasteiger partial charge in [0.2, 0.25) is 5.82 Å². The Morgan fingerprint density at radius 3 is 2.71 bits per heavy atom. The van der Waals surface area contributed by atoms with Crippen molar-refractivity contribution in [2.45, 2.75) is 18.2 Å². The number of anilines is 2. The Bertz CT molecular complexity index is 1510. The minimum atomic E-state index is -2.54. The first-order chi connectivity index (χ1) is 16.8. The number of fused-ring (bicyclic) bond motifs is 1. The highest BCUT2D eigenvalue weighted by molar-refractivity contribution is 7.93. The van der Waals surface area contributed by atoms with Gasteiger partial charge in [0, 0.05) is 36.4 Å². The molecule has 0 aliphatic heterocycles. The van der Waals surface area contributed by atoms with Crippen LogP contribution in [0, 0.1) is 18.6 Å². The Hall–Kier alpha value is -3.57. The molecule has 2 heterocycles. The van der Waals surface area contributed by atoms with Crippen LogP contribution in [0.3, 0.4) is 0 Å². The number of halogens is 2. The lowest BCUT2D eigenvalue weighted by atomic mass is 10.1. The van der Waals surface area contributed by atoms with E-state index in [0.717, 1.165) is 5.56 Å². The Morgan fingerprint density at radius 1 is 1.20 bits per heavy atom. The standard InChI is InChI=1S/C24H26F2N6O2S/c1-15-13-16(5-8-20(15)35(3,33)30-10-4-9-27)31-23-24-29-14-18(32(24)12-11-28-23)17-6-7-19(34-2)22(26)21(17)25/h5-8,11-14H,4,9-10,27H2,1-3H3,(H,28,31). The fraction of sp³-hybridized carbons (Fsp3) is 0.250. The van der Waals surface area contributed by atoms with Crippen LogP contribution in [0.5, 0.6) is 5.75 Å². The molecule has 0 aliphatic carbocycles. The van der Waals surface area contributed by atoms with Crippen LogP contribution < -0.4 is 15.8 Å². The number of benzene rings is 2. The van der Waals surface area contributed by atoms with Gasteiger partial charge in [0.15, 0.2) is 23.0 Å². The van der Waals surface area contributed by atoms with Crippen LogP contribution in [0.1, 0.15) is 12.0 Å². The lowest BCUT2D eigenvalue weighted by molar-refractivity contribution is 0.372. The molecule has 2 aromatic heterocycles. The SMILES string of the molecule is COc1ccc(-c2cnc3c(Nc4ccc(S(C)(=O)=NCCCN)c(C)c4)nccn23)c(F)c1F. The number of methoxy groups -OCH3 is 1. The van der Waals surface area contributed by atoms with Crippen LogP contribution in [0.15, 0.2) is 58.2 Å². The van der Waals surface area contributed by atoms with Crippen LogP contribution in [0.25, 0.3) is 16.9 Å². The van der Waals surface area contributed by atoms with Crippen molar-refractivity contribution < 1.29 is 17.7 Å². The zero-order chi connectivity index (χ0) is 25.2. The van der Waals surface area contributed by atoms with Crippen molar-refractivity contribution in [2.24, 2.45) is 10.1 Å². The van der Waals surface area contributed by atoms with Crippen LogP contribution in [-0.2, 0) is 9.73 Å². The maximum absolute atomic E-state index is 14.7. The number of nitrogens with zero attached hydrogens (tertiary/aromatic N) is 4. The predicted molar refractivity (Wildman–Crippen MR) is 133 cm³/mol. The van der Waals surface area contributed by atoms with Crippen molar-refractivity contribution in [1.82, 2.24) is 14.4 Å². The lowest BCUT2D eigenvalue weighted by Gasteiger charge is -2.12. The highest BCUT2D eigenvalue weighted by Crippen LogP contribution is 2.32. The number of ether oxygens (including phenoxy) is 1.